The standard InChI is InChI=1S/C21H19ClF3N7O2/c1-34-18-16(27-3-4-28-18)19(33)32-5-2-15-14(10-32)17(31-20(22)30-15)29-9-11-6-12(21(23,24)25)8-13(26)7-11/h3-4,6-8H,2,5,9-10,26H2,1H3,(H,29,30,31). The van der Waals surface area contributed by atoms with Crippen LogP contribution in [0.1, 0.15) is 32.9 Å². The molecule has 0 aliphatic carbocycles. The highest BCUT2D eigenvalue weighted by Gasteiger charge is 2.31. The number of ether oxygens (including phenoxy) is 1. The third kappa shape index (κ3) is 4.96. The van der Waals surface area contributed by atoms with Crippen molar-refractivity contribution in [2.75, 3.05) is 24.7 Å². The maximum absolute atomic E-state index is 13.1. The van der Waals surface area contributed by atoms with Gasteiger partial charge in [-0.25, -0.2) is 19.9 Å². The molecular formula is C21H19ClF3N7O2. The second-order valence-corrected chi connectivity index (χ2v) is 7.81. The Labute approximate surface area is 197 Å². The molecule has 4 rings (SSSR count). The van der Waals surface area contributed by atoms with E-state index < -0.39 is 11.7 Å². The number of nitrogen functional groups attached to an aromatic ring is 1. The Morgan fingerprint density at radius 3 is 2.74 bits per heavy atom. The number of amides is 1. The summed E-state index contributed by atoms with van der Waals surface area (Å²) in [7, 11) is 1.39. The largest absolute Gasteiger partial charge is 0.479 e. The van der Waals surface area contributed by atoms with Gasteiger partial charge in [0.05, 0.1) is 24.9 Å². The number of anilines is 2. The van der Waals surface area contributed by atoms with Gasteiger partial charge in [-0.2, -0.15) is 13.2 Å². The van der Waals surface area contributed by atoms with Crippen LogP contribution in [0.5, 0.6) is 5.88 Å². The van der Waals surface area contributed by atoms with Gasteiger partial charge >= 0.3 is 6.18 Å². The molecule has 1 amide bonds. The lowest BCUT2D eigenvalue weighted by atomic mass is 10.1. The normalized spacial score (nSPS) is 13.4. The number of carbonyl (C=O) groups excluding carboxylic acids is 1. The van der Waals surface area contributed by atoms with E-state index in [1.165, 1.54) is 25.6 Å². The van der Waals surface area contributed by atoms with E-state index in [9.17, 15) is 18.0 Å². The summed E-state index contributed by atoms with van der Waals surface area (Å²) in [4.78, 5) is 31.1. The lowest BCUT2D eigenvalue weighted by Gasteiger charge is -2.29. The van der Waals surface area contributed by atoms with E-state index >= 15 is 0 Å². The predicted molar refractivity (Wildman–Crippen MR) is 117 cm³/mol. The molecule has 0 radical (unpaired) electrons. The van der Waals surface area contributed by atoms with Crippen LogP contribution < -0.4 is 15.8 Å². The minimum atomic E-state index is -4.52. The Bertz CT molecular complexity index is 1240. The van der Waals surface area contributed by atoms with Crippen LogP contribution in [0.25, 0.3) is 0 Å². The molecule has 0 fully saturated rings. The third-order valence-electron chi connectivity index (χ3n) is 5.18. The summed E-state index contributed by atoms with van der Waals surface area (Å²) in [6.45, 7) is 0.487. The van der Waals surface area contributed by atoms with E-state index in [-0.39, 0.29) is 41.5 Å². The average molecular weight is 494 g/mol. The van der Waals surface area contributed by atoms with Crippen LogP contribution in [-0.2, 0) is 25.7 Å². The van der Waals surface area contributed by atoms with Crippen LogP contribution in [-0.4, -0.2) is 44.4 Å². The fraction of sp³-hybridized carbons (Fsp3) is 0.286. The quantitative estimate of drug-likeness (QED) is 0.410. The zero-order valence-corrected chi connectivity index (χ0v) is 18.6. The molecule has 2 aromatic heterocycles. The number of benzene rings is 1. The maximum Gasteiger partial charge on any atom is 0.416 e. The predicted octanol–water partition coefficient (Wildman–Crippen LogP) is 3.34. The van der Waals surface area contributed by atoms with Gasteiger partial charge < -0.3 is 20.7 Å². The number of fused-ring (bicyclic) bond motifs is 1. The van der Waals surface area contributed by atoms with Crippen LogP contribution >= 0.6 is 11.6 Å². The van der Waals surface area contributed by atoms with E-state index in [0.717, 1.165) is 12.1 Å². The molecule has 0 unspecified atom stereocenters. The molecular weight excluding hydrogens is 475 g/mol. The second kappa shape index (κ2) is 9.29. The fourth-order valence-electron chi connectivity index (χ4n) is 3.64. The van der Waals surface area contributed by atoms with Gasteiger partial charge in [0.25, 0.3) is 5.91 Å². The molecule has 1 aliphatic heterocycles. The van der Waals surface area contributed by atoms with Crippen molar-refractivity contribution in [3.63, 3.8) is 0 Å². The summed E-state index contributed by atoms with van der Waals surface area (Å²) in [5.74, 6) is 0.0304. The van der Waals surface area contributed by atoms with Crippen molar-refractivity contribution in [2.45, 2.75) is 25.7 Å². The van der Waals surface area contributed by atoms with Crippen molar-refractivity contribution in [3.05, 3.63) is 64.0 Å². The minimum Gasteiger partial charge on any atom is -0.479 e. The Morgan fingerprint density at radius 2 is 2.00 bits per heavy atom. The molecule has 1 aliphatic rings. The Kier molecular flexibility index (Phi) is 6.42. The summed E-state index contributed by atoms with van der Waals surface area (Å²) in [6.07, 6.45) is -1.31. The van der Waals surface area contributed by atoms with E-state index in [1.54, 1.807) is 4.90 Å². The summed E-state index contributed by atoms with van der Waals surface area (Å²) in [5.41, 5.74) is 6.41. The van der Waals surface area contributed by atoms with E-state index in [0.29, 0.717) is 35.6 Å². The first kappa shape index (κ1) is 23.5. The molecule has 34 heavy (non-hydrogen) atoms. The van der Waals surface area contributed by atoms with Gasteiger partial charge in [0.15, 0.2) is 5.69 Å². The first-order chi connectivity index (χ1) is 16.2. The average Bonchev–Trinajstić information content (AvgIpc) is 2.80. The molecule has 0 bridgehead atoms. The molecule has 1 aromatic carbocycles. The van der Waals surface area contributed by atoms with Crippen LogP contribution in [0.2, 0.25) is 5.28 Å². The van der Waals surface area contributed by atoms with Crippen molar-refractivity contribution >= 4 is 29.0 Å². The van der Waals surface area contributed by atoms with Gasteiger partial charge in [-0.05, 0) is 35.4 Å². The number of carbonyl (C=O) groups is 1. The summed E-state index contributed by atoms with van der Waals surface area (Å²) in [5, 5.41) is 2.99. The van der Waals surface area contributed by atoms with Crippen molar-refractivity contribution in [3.8, 4) is 5.88 Å². The van der Waals surface area contributed by atoms with Gasteiger partial charge in [-0.15, -0.1) is 0 Å². The Hall–Kier alpha value is -3.67. The van der Waals surface area contributed by atoms with Gasteiger partial charge in [0.2, 0.25) is 11.2 Å². The number of aromatic nitrogens is 4. The Balaban J connectivity index is 1.59. The number of nitrogens with zero attached hydrogens (tertiary/aromatic N) is 5. The van der Waals surface area contributed by atoms with Crippen LogP contribution in [0.4, 0.5) is 24.7 Å². The number of nitrogens with one attached hydrogen (secondary N) is 1. The molecule has 3 aromatic rings. The number of rotatable bonds is 5. The molecule has 0 spiro atoms. The fourth-order valence-corrected chi connectivity index (χ4v) is 3.83. The molecule has 0 saturated carbocycles. The first-order valence-corrected chi connectivity index (χ1v) is 10.4. The van der Waals surface area contributed by atoms with Crippen LogP contribution in [0.15, 0.2) is 30.6 Å². The topological polar surface area (TPSA) is 119 Å². The van der Waals surface area contributed by atoms with E-state index in [2.05, 4.69) is 25.3 Å². The zero-order chi connectivity index (χ0) is 24.5. The van der Waals surface area contributed by atoms with Crippen molar-refractivity contribution in [1.82, 2.24) is 24.8 Å². The van der Waals surface area contributed by atoms with Crippen molar-refractivity contribution in [2.24, 2.45) is 0 Å². The highest BCUT2D eigenvalue weighted by Crippen LogP contribution is 2.32. The monoisotopic (exact) mass is 493 g/mol. The molecule has 13 heteroatoms. The Morgan fingerprint density at radius 1 is 1.24 bits per heavy atom. The number of alkyl halides is 3. The first-order valence-electron chi connectivity index (χ1n) is 10.1. The zero-order valence-electron chi connectivity index (χ0n) is 17.9. The lowest BCUT2D eigenvalue weighted by molar-refractivity contribution is -0.137. The minimum absolute atomic E-state index is 0.000166. The number of halogens is 4. The number of hydrogen-bond acceptors (Lipinski definition) is 8. The maximum atomic E-state index is 13.1. The second-order valence-electron chi connectivity index (χ2n) is 7.47. The highest BCUT2D eigenvalue weighted by atomic mass is 35.5. The van der Waals surface area contributed by atoms with E-state index in [1.807, 2.05) is 0 Å². The van der Waals surface area contributed by atoms with Crippen LogP contribution in [0, 0.1) is 0 Å². The van der Waals surface area contributed by atoms with Crippen molar-refractivity contribution in [1.29, 1.82) is 0 Å². The summed E-state index contributed by atoms with van der Waals surface area (Å²) < 4.78 is 44.5. The van der Waals surface area contributed by atoms with E-state index in [4.69, 9.17) is 22.1 Å². The number of hydrogen-bond donors (Lipinski definition) is 2. The molecule has 178 valence electrons. The molecule has 0 saturated heterocycles. The number of nitrogens with two attached hydrogens (primary N) is 1. The smallest absolute Gasteiger partial charge is 0.416 e. The van der Waals surface area contributed by atoms with Gasteiger partial charge in [-0.3, -0.25) is 4.79 Å². The van der Waals surface area contributed by atoms with Gasteiger partial charge in [0, 0.05) is 43.2 Å². The molecule has 3 N–H and O–H groups in total. The SMILES string of the molecule is COc1nccnc1C(=O)N1CCc2nc(Cl)nc(NCc3cc(N)cc(C(F)(F)F)c3)c2C1. The van der Waals surface area contributed by atoms with Crippen molar-refractivity contribution < 1.29 is 22.7 Å². The van der Waals surface area contributed by atoms with Gasteiger partial charge in [0.1, 0.15) is 5.82 Å². The summed E-state index contributed by atoms with van der Waals surface area (Å²) >= 11 is 6.06. The molecule has 3 heterocycles. The highest BCUT2D eigenvalue weighted by molar-refractivity contribution is 6.28. The number of methoxy groups -OCH3 is 1. The molecule has 0 atom stereocenters. The third-order valence-corrected chi connectivity index (χ3v) is 5.35. The molecule has 9 nitrogen and oxygen atoms in total. The van der Waals surface area contributed by atoms with Crippen LogP contribution in [0.3, 0.4) is 0 Å². The van der Waals surface area contributed by atoms with Gasteiger partial charge in [-0.1, -0.05) is 0 Å². The lowest BCUT2D eigenvalue weighted by Crippen LogP contribution is -2.37. The summed E-state index contributed by atoms with van der Waals surface area (Å²) in [6, 6.07) is 3.32.